The van der Waals surface area contributed by atoms with Crippen molar-refractivity contribution >= 4 is 42.3 Å². The van der Waals surface area contributed by atoms with Gasteiger partial charge in [-0.25, -0.2) is 15.0 Å². The van der Waals surface area contributed by atoms with E-state index in [0.717, 1.165) is 64.3 Å². The first-order valence-corrected chi connectivity index (χ1v) is 20.3. The molecule has 2 heterocycles. The van der Waals surface area contributed by atoms with Gasteiger partial charge < -0.3 is 0 Å². The summed E-state index contributed by atoms with van der Waals surface area (Å²) in [6, 6.07) is 60.3. The van der Waals surface area contributed by atoms with Gasteiger partial charge in [0.2, 0.25) is 0 Å². The molecular formula is C55H35N3S. The van der Waals surface area contributed by atoms with Crippen LogP contribution in [0.1, 0.15) is 6.85 Å². The Hall–Kier alpha value is -7.53. The summed E-state index contributed by atoms with van der Waals surface area (Å²) in [7, 11) is 0. The van der Waals surface area contributed by atoms with Crippen LogP contribution >= 0.6 is 11.3 Å². The molecule has 0 bridgehead atoms. The van der Waals surface area contributed by atoms with Crippen LogP contribution < -0.4 is 0 Å². The lowest BCUT2D eigenvalue weighted by molar-refractivity contribution is 1.07. The predicted octanol–water partition coefficient (Wildman–Crippen LogP) is 15.1. The average Bonchev–Trinajstić information content (AvgIpc) is 3.74. The predicted molar refractivity (Wildman–Crippen MR) is 248 cm³/mol. The van der Waals surface area contributed by atoms with Crippen LogP contribution in [0.5, 0.6) is 0 Å². The van der Waals surface area contributed by atoms with Gasteiger partial charge in [0.05, 0.1) is 6.85 Å². The molecule has 0 spiro atoms. The molecule has 0 aliphatic heterocycles. The number of benzene rings is 9. The van der Waals surface area contributed by atoms with Crippen LogP contribution in [0.4, 0.5) is 0 Å². The maximum atomic E-state index is 9.01. The van der Waals surface area contributed by atoms with Crippen LogP contribution in [-0.4, -0.2) is 15.0 Å². The van der Waals surface area contributed by atoms with Gasteiger partial charge in [-0.1, -0.05) is 182 Å². The lowest BCUT2D eigenvalue weighted by Crippen LogP contribution is -2.00. The molecule has 276 valence electrons. The highest BCUT2D eigenvalue weighted by atomic mass is 32.1. The van der Waals surface area contributed by atoms with Crippen molar-refractivity contribution < 1.29 is 6.85 Å². The number of fused-ring (bicyclic) bond motifs is 4. The topological polar surface area (TPSA) is 38.7 Å². The monoisotopic (exact) mass is 774 g/mol. The summed E-state index contributed by atoms with van der Waals surface area (Å²) in [6.45, 7) is 0. The molecule has 0 unspecified atom stereocenters. The van der Waals surface area contributed by atoms with Gasteiger partial charge in [0.1, 0.15) is 0 Å². The van der Waals surface area contributed by atoms with E-state index in [2.05, 4.69) is 91.0 Å². The van der Waals surface area contributed by atoms with E-state index in [1.165, 1.54) is 11.1 Å². The molecule has 4 heteroatoms. The number of aromatic nitrogens is 3. The first-order valence-electron chi connectivity index (χ1n) is 21.9. The Bertz CT molecular complexity index is 3590. The highest BCUT2D eigenvalue weighted by molar-refractivity contribution is 7.26. The zero-order valence-corrected chi connectivity index (χ0v) is 32.4. The van der Waals surface area contributed by atoms with Gasteiger partial charge in [0, 0.05) is 36.9 Å². The number of rotatable bonds is 7. The summed E-state index contributed by atoms with van der Waals surface area (Å²) in [5.41, 5.74) is 9.60. The summed E-state index contributed by atoms with van der Waals surface area (Å²) in [6.07, 6.45) is 0. The van der Waals surface area contributed by atoms with Gasteiger partial charge in [-0.2, -0.15) is 0 Å². The van der Waals surface area contributed by atoms with E-state index in [0.29, 0.717) is 28.6 Å². The quantitative estimate of drug-likeness (QED) is 0.162. The average molecular weight is 775 g/mol. The molecule has 0 atom stereocenters. The number of hydrogen-bond donors (Lipinski definition) is 0. The van der Waals surface area contributed by atoms with E-state index in [9.17, 15) is 0 Å². The highest BCUT2D eigenvalue weighted by Gasteiger charge is 2.19. The maximum absolute atomic E-state index is 9.01. The minimum atomic E-state index is -0.435. The number of nitrogens with zero attached hydrogens (tertiary/aromatic N) is 3. The van der Waals surface area contributed by atoms with Gasteiger partial charge in [-0.3, -0.25) is 0 Å². The van der Waals surface area contributed by atoms with Crippen molar-refractivity contribution in [1.82, 2.24) is 15.0 Å². The Morgan fingerprint density at radius 2 is 0.949 bits per heavy atom. The number of hydrogen-bond acceptors (Lipinski definition) is 4. The van der Waals surface area contributed by atoms with Crippen LogP contribution in [-0.2, 0) is 0 Å². The molecule has 0 saturated heterocycles. The summed E-state index contributed by atoms with van der Waals surface area (Å²) < 4.78 is 45.4. The summed E-state index contributed by atoms with van der Waals surface area (Å²) in [5, 5.41) is 4.05. The van der Waals surface area contributed by atoms with E-state index in [-0.39, 0.29) is 29.7 Å². The molecule has 3 nitrogen and oxygen atoms in total. The SMILES string of the molecule is [2H]c1c([2H])c([2H])c(-c2cc(-c3nc(-c4ccccc4)nc(-c4cccc(-c5ccc6ccc(-c7ccccc7)c(-c7ccccc7)c6c5)c4)n3)cc3sc4ccccc4c23)c([2H])c1[2H]. The molecule has 2 aromatic heterocycles. The summed E-state index contributed by atoms with van der Waals surface area (Å²) >= 11 is 1.58. The van der Waals surface area contributed by atoms with Gasteiger partial charge in [-0.15, -0.1) is 11.3 Å². The minimum Gasteiger partial charge on any atom is -0.208 e. The second kappa shape index (κ2) is 14.8. The smallest absolute Gasteiger partial charge is 0.164 e. The fraction of sp³-hybridized carbons (Fsp3) is 0. The van der Waals surface area contributed by atoms with Crippen LogP contribution in [0, 0.1) is 0 Å². The Kier molecular flexibility index (Phi) is 7.42. The van der Waals surface area contributed by atoms with Gasteiger partial charge >= 0.3 is 0 Å². The summed E-state index contributed by atoms with van der Waals surface area (Å²) in [4.78, 5) is 15.3. The van der Waals surface area contributed by atoms with Crippen molar-refractivity contribution in [3.63, 3.8) is 0 Å². The molecule has 9 aromatic carbocycles. The Morgan fingerprint density at radius 3 is 1.71 bits per heavy atom. The molecule has 11 rings (SSSR count). The van der Waals surface area contributed by atoms with Gasteiger partial charge in [0.15, 0.2) is 17.5 Å². The lowest BCUT2D eigenvalue weighted by atomic mass is 9.88. The molecule has 59 heavy (non-hydrogen) atoms. The Morgan fingerprint density at radius 1 is 0.356 bits per heavy atom. The molecule has 0 aliphatic rings. The lowest BCUT2D eigenvalue weighted by Gasteiger charge is -2.16. The third kappa shape index (κ3) is 6.46. The molecule has 0 amide bonds. The van der Waals surface area contributed by atoms with Crippen molar-refractivity contribution in [2.24, 2.45) is 0 Å². The molecular weight excluding hydrogens is 735 g/mol. The fourth-order valence-corrected chi connectivity index (χ4v) is 9.20. The Labute approximate surface area is 353 Å². The zero-order chi connectivity index (χ0) is 43.5. The first-order chi connectivity index (χ1) is 31.3. The van der Waals surface area contributed by atoms with Gasteiger partial charge in [0.25, 0.3) is 0 Å². The molecule has 0 radical (unpaired) electrons. The zero-order valence-electron chi connectivity index (χ0n) is 36.6. The Balaban J connectivity index is 1.10. The van der Waals surface area contributed by atoms with E-state index < -0.39 is 6.04 Å². The van der Waals surface area contributed by atoms with Crippen molar-refractivity contribution in [3.8, 4) is 78.7 Å². The largest absolute Gasteiger partial charge is 0.208 e. The molecule has 0 saturated carbocycles. The number of thiophene rings is 1. The van der Waals surface area contributed by atoms with Crippen LogP contribution in [0.25, 0.3) is 110 Å². The van der Waals surface area contributed by atoms with E-state index >= 15 is 0 Å². The second-order valence-electron chi connectivity index (χ2n) is 14.4. The normalized spacial score (nSPS) is 12.6. The highest BCUT2D eigenvalue weighted by Crippen LogP contribution is 2.43. The van der Waals surface area contributed by atoms with E-state index in [4.69, 9.17) is 21.8 Å². The minimum absolute atomic E-state index is 0.133. The molecule has 0 fully saturated rings. The summed E-state index contributed by atoms with van der Waals surface area (Å²) in [5.74, 6) is 1.36. The molecule has 11 aromatic rings. The van der Waals surface area contributed by atoms with Gasteiger partial charge in [-0.05, 0) is 85.6 Å². The van der Waals surface area contributed by atoms with Crippen LogP contribution in [0.2, 0.25) is 0 Å². The second-order valence-corrected chi connectivity index (χ2v) is 15.5. The van der Waals surface area contributed by atoms with E-state index in [1.807, 2.05) is 91.0 Å². The molecule has 0 aliphatic carbocycles. The van der Waals surface area contributed by atoms with E-state index in [1.54, 1.807) is 11.3 Å². The van der Waals surface area contributed by atoms with Crippen LogP contribution in [0.15, 0.2) is 212 Å². The molecule has 0 N–H and O–H groups in total. The van der Waals surface area contributed by atoms with Crippen molar-refractivity contribution in [1.29, 1.82) is 0 Å². The van der Waals surface area contributed by atoms with Crippen molar-refractivity contribution in [2.45, 2.75) is 0 Å². The first kappa shape index (κ1) is 29.7. The third-order valence-corrected chi connectivity index (χ3v) is 11.9. The maximum Gasteiger partial charge on any atom is 0.164 e. The fourth-order valence-electron chi connectivity index (χ4n) is 8.03. The van der Waals surface area contributed by atoms with Crippen molar-refractivity contribution in [2.75, 3.05) is 0 Å². The standard InChI is InChI=1S/C55H35N3S/c1-5-16-36(17-6-1)45-31-30-38-28-29-42(33-47(38)51(45)39-20-9-3-10-21-39)41-24-15-25-43(32-41)54-56-53(40-22-11-4-12-23-40)57-55(58-54)44-34-48(37-18-7-2-8-19-37)52-46-26-13-14-27-49(46)59-50(52)35-44/h1-35H/i2D,7D,8D,18D,19D. The van der Waals surface area contributed by atoms with Crippen molar-refractivity contribution in [3.05, 3.63) is 212 Å². The third-order valence-electron chi connectivity index (χ3n) is 10.8. The van der Waals surface area contributed by atoms with Crippen LogP contribution in [0.3, 0.4) is 0 Å².